The van der Waals surface area contributed by atoms with Crippen LogP contribution in [0.1, 0.15) is 30.5 Å². The maximum absolute atomic E-state index is 13.5. The van der Waals surface area contributed by atoms with Gasteiger partial charge >= 0.3 is 6.09 Å². The van der Waals surface area contributed by atoms with Crippen LogP contribution >= 0.6 is 0 Å². The molecule has 2 aliphatic heterocycles. The average Bonchev–Trinajstić information content (AvgIpc) is 3.43. The monoisotopic (exact) mass is 531 g/mol. The van der Waals surface area contributed by atoms with Crippen molar-refractivity contribution in [2.45, 2.75) is 70.0 Å². The van der Waals surface area contributed by atoms with Crippen molar-refractivity contribution >= 4 is 12.4 Å². The van der Waals surface area contributed by atoms with Crippen molar-refractivity contribution in [3.05, 3.63) is 108 Å². The lowest BCUT2D eigenvalue weighted by Crippen LogP contribution is -2.53. The Bertz CT molecular complexity index is 1220. The third-order valence-electron chi connectivity index (χ3n) is 6.78. The number of nitrogens with zero attached hydrogens (tertiary/aromatic N) is 1. The maximum Gasteiger partial charge on any atom is 0.411 e. The normalized spacial score (nSPS) is 24.1. The van der Waals surface area contributed by atoms with Gasteiger partial charge in [-0.2, -0.15) is 0 Å². The lowest BCUT2D eigenvalue weighted by atomic mass is 10.0. The minimum absolute atomic E-state index is 0.0711. The predicted molar refractivity (Wildman–Crippen MR) is 142 cm³/mol. The van der Waals surface area contributed by atoms with Gasteiger partial charge in [-0.3, -0.25) is 4.90 Å². The number of carbonyl (C=O) groups is 2. The van der Waals surface area contributed by atoms with Gasteiger partial charge in [-0.1, -0.05) is 91.0 Å². The first-order valence-electron chi connectivity index (χ1n) is 13.1. The fourth-order valence-corrected chi connectivity index (χ4v) is 4.94. The van der Waals surface area contributed by atoms with Gasteiger partial charge in [-0.05, 0) is 30.5 Å². The van der Waals surface area contributed by atoms with Gasteiger partial charge in [-0.25, -0.2) is 4.79 Å². The number of benzene rings is 3. The minimum atomic E-state index is -1.02. The molecule has 0 bridgehead atoms. The van der Waals surface area contributed by atoms with Crippen molar-refractivity contribution in [2.75, 3.05) is 0 Å². The van der Waals surface area contributed by atoms with Gasteiger partial charge in [0.1, 0.15) is 37.2 Å². The summed E-state index contributed by atoms with van der Waals surface area (Å²) >= 11 is 0. The van der Waals surface area contributed by atoms with Gasteiger partial charge in [0.2, 0.25) is 0 Å². The van der Waals surface area contributed by atoms with Crippen LogP contribution in [-0.4, -0.2) is 53.7 Å². The first-order chi connectivity index (χ1) is 18.9. The Morgan fingerprint density at radius 3 is 2.03 bits per heavy atom. The quantitative estimate of drug-likeness (QED) is 0.346. The Morgan fingerprint density at radius 1 is 0.872 bits per heavy atom. The van der Waals surface area contributed by atoms with E-state index in [1.807, 2.05) is 91.0 Å². The zero-order valence-corrected chi connectivity index (χ0v) is 22.1. The number of aldehydes is 1. The highest BCUT2D eigenvalue weighted by Gasteiger charge is 2.58. The zero-order valence-electron chi connectivity index (χ0n) is 22.1. The topological polar surface area (TPSA) is 83.5 Å². The number of fused-ring (bicyclic) bond motifs is 1. The first kappa shape index (κ1) is 27.0. The second kappa shape index (κ2) is 12.1. The summed E-state index contributed by atoms with van der Waals surface area (Å²) < 4.78 is 30.4. The third kappa shape index (κ3) is 6.54. The van der Waals surface area contributed by atoms with Crippen molar-refractivity contribution in [3.8, 4) is 0 Å². The molecular weight excluding hydrogens is 498 g/mol. The fourth-order valence-electron chi connectivity index (χ4n) is 4.94. The van der Waals surface area contributed by atoms with Gasteiger partial charge in [0.15, 0.2) is 12.1 Å². The van der Waals surface area contributed by atoms with Crippen LogP contribution in [0.3, 0.4) is 0 Å². The van der Waals surface area contributed by atoms with E-state index in [4.69, 9.17) is 23.7 Å². The van der Waals surface area contributed by atoms with E-state index in [2.05, 4.69) is 0 Å². The lowest BCUT2D eigenvalue weighted by Gasteiger charge is -2.34. The number of hydrogen-bond acceptors (Lipinski definition) is 7. The Labute approximate surface area is 228 Å². The van der Waals surface area contributed by atoms with Gasteiger partial charge < -0.3 is 28.5 Å². The van der Waals surface area contributed by atoms with Gasteiger partial charge in [0, 0.05) is 6.54 Å². The molecule has 5 atom stereocenters. The predicted octanol–water partition coefficient (Wildman–Crippen LogP) is 4.85. The summed E-state index contributed by atoms with van der Waals surface area (Å²) in [6.45, 7) is 4.10. The van der Waals surface area contributed by atoms with Crippen LogP contribution in [-0.2, 0) is 48.2 Å². The van der Waals surface area contributed by atoms with E-state index in [1.165, 1.54) is 4.90 Å². The zero-order chi connectivity index (χ0) is 27.2. The largest absolute Gasteiger partial charge is 0.445 e. The molecule has 3 aromatic rings. The van der Waals surface area contributed by atoms with E-state index in [9.17, 15) is 9.59 Å². The Hall–Kier alpha value is -3.56. The second-order valence-electron chi connectivity index (χ2n) is 10.1. The van der Waals surface area contributed by atoms with Crippen LogP contribution in [0, 0.1) is 0 Å². The summed E-state index contributed by atoms with van der Waals surface area (Å²) in [6, 6.07) is 27.5. The van der Waals surface area contributed by atoms with Crippen molar-refractivity contribution in [1.82, 2.24) is 4.90 Å². The van der Waals surface area contributed by atoms with Crippen molar-refractivity contribution in [1.29, 1.82) is 0 Å². The molecule has 2 saturated heterocycles. The lowest BCUT2D eigenvalue weighted by molar-refractivity contribution is -0.224. The van der Waals surface area contributed by atoms with Gasteiger partial charge in [-0.15, -0.1) is 0 Å². The first-order valence-corrected chi connectivity index (χ1v) is 13.1. The Morgan fingerprint density at radius 2 is 1.44 bits per heavy atom. The molecule has 0 N–H and O–H groups in total. The second-order valence-corrected chi connectivity index (χ2v) is 10.1. The molecule has 2 aliphatic rings. The maximum atomic E-state index is 13.5. The molecule has 0 aromatic heterocycles. The molecule has 0 saturated carbocycles. The van der Waals surface area contributed by atoms with Crippen LogP contribution < -0.4 is 0 Å². The summed E-state index contributed by atoms with van der Waals surface area (Å²) in [4.78, 5) is 27.6. The van der Waals surface area contributed by atoms with E-state index in [0.717, 1.165) is 16.7 Å². The van der Waals surface area contributed by atoms with Crippen molar-refractivity contribution < 1.29 is 33.3 Å². The number of carbonyl (C=O) groups excluding carboxylic acids is 2. The van der Waals surface area contributed by atoms with Gasteiger partial charge in [0.05, 0.1) is 6.61 Å². The van der Waals surface area contributed by atoms with Crippen LogP contribution in [0.4, 0.5) is 4.79 Å². The number of hydrogen-bond donors (Lipinski definition) is 0. The highest BCUT2D eigenvalue weighted by molar-refractivity contribution is 5.74. The van der Waals surface area contributed by atoms with E-state index in [0.29, 0.717) is 6.29 Å². The summed E-state index contributed by atoms with van der Waals surface area (Å²) in [5.41, 5.74) is 2.64. The standard InChI is InChI=1S/C31H33NO7/c1-31(2)38-28-27(35-20-23-14-8-4-9-15-23)26(37-29(28)39-31)25(19-33)32(18-22-12-6-3-7-13-22)30(34)36-21-24-16-10-5-11-17-24/h3-17,19,25-29H,18,20-21H2,1-2H3/t25-,26-,27+,28-,29-/m1/s1. The SMILES string of the molecule is CC1(C)O[C@H]2O[C@H]([C@@H](C=O)N(Cc3ccccc3)C(=O)OCc3ccccc3)[C@H](OCc3ccccc3)[C@H]2O1. The molecule has 39 heavy (non-hydrogen) atoms. The van der Waals surface area contributed by atoms with Crippen LogP contribution in [0.5, 0.6) is 0 Å². The summed E-state index contributed by atoms with van der Waals surface area (Å²) in [5.74, 6) is -0.871. The molecule has 5 rings (SSSR count). The molecule has 0 spiro atoms. The molecule has 8 nitrogen and oxygen atoms in total. The van der Waals surface area contributed by atoms with E-state index < -0.39 is 42.5 Å². The molecule has 0 aliphatic carbocycles. The number of amides is 1. The molecular formula is C31H33NO7. The van der Waals surface area contributed by atoms with Crippen molar-refractivity contribution in [3.63, 3.8) is 0 Å². The van der Waals surface area contributed by atoms with E-state index >= 15 is 0 Å². The molecule has 0 unspecified atom stereocenters. The minimum Gasteiger partial charge on any atom is -0.445 e. The van der Waals surface area contributed by atoms with Crippen LogP contribution in [0.2, 0.25) is 0 Å². The molecule has 2 heterocycles. The summed E-state index contributed by atoms with van der Waals surface area (Å²) in [7, 11) is 0. The van der Waals surface area contributed by atoms with Gasteiger partial charge in [0.25, 0.3) is 0 Å². The van der Waals surface area contributed by atoms with E-state index in [1.54, 1.807) is 13.8 Å². The van der Waals surface area contributed by atoms with Crippen molar-refractivity contribution in [2.24, 2.45) is 0 Å². The summed E-state index contributed by atoms with van der Waals surface area (Å²) in [6.07, 6.45) is -2.76. The highest BCUT2D eigenvalue weighted by Crippen LogP contribution is 2.40. The van der Waals surface area contributed by atoms with Crippen LogP contribution in [0.25, 0.3) is 0 Å². The molecule has 0 radical (unpaired) electrons. The Kier molecular flexibility index (Phi) is 8.38. The molecule has 204 valence electrons. The molecule has 3 aromatic carbocycles. The summed E-state index contributed by atoms with van der Waals surface area (Å²) in [5, 5.41) is 0. The third-order valence-corrected chi connectivity index (χ3v) is 6.78. The van der Waals surface area contributed by atoms with E-state index in [-0.39, 0.29) is 19.8 Å². The smallest absolute Gasteiger partial charge is 0.411 e. The molecule has 8 heteroatoms. The molecule has 2 fully saturated rings. The Balaban J connectivity index is 1.40. The number of ether oxygens (including phenoxy) is 5. The molecule has 1 amide bonds. The highest BCUT2D eigenvalue weighted by atomic mass is 16.8. The number of rotatable bonds is 10. The fraction of sp³-hybridized carbons (Fsp3) is 0.355. The van der Waals surface area contributed by atoms with Crippen LogP contribution in [0.15, 0.2) is 91.0 Å². The average molecular weight is 532 g/mol.